The molecule has 1 aliphatic rings. The van der Waals surface area contributed by atoms with E-state index in [4.69, 9.17) is 16.3 Å². The van der Waals surface area contributed by atoms with Crippen molar-refractivity contribution >= 4 is 29.3 Å². The van der Waals surface area contributed by atoms with Gasteiger partial charge in [-0.25, -0.2) is 4.98 Å². The Bertz CT molecular complexity index is 732. The van der Waals surface area contributed by atoms with Crippen molar-refractivity contribution in [1.82, 2.24) is 14.5 Å². The van der Waals surface area contributed by atoms with Gasteiger partial charge in [0.2, 0.25) is 5.91 Å². The molecule has 0 saturated heterocycles. The van der Waals surface area contributed by atoms with Gasteiger partial charge in [-0.3, -0.25) is 4.79 Å². The van der Waals surface area contributed by atoms with E-state index in [1.807, 2.05) is 30.1 Å². The van der Waals surface area contributed by atoms with Crippen molar-refractivity contribution < 1.29 is 9.53 Å². The Morgan fingerprint density at radius 3 is 2.88 bits per heavy atom. The lowest BCUT2D eigenvalue weighted by atomic mass is 10.2. The maximum absolute atomic E-state index is 11.7. The molecule has 0 aliphatic carbocycles. The van der Waals surface area contributed by atoms with Gasteiger partial charge in [0.25, 0.3) is 0 Å². The van der Waals surface area contributed by atoms with E-state index in [1.165, 1.54) is 11.3 Å². The molecule has 2 heterocycles. The van der Waals surface area contributed by atoms with E-state index in [1.54, 1.807) is 19.1 Å². The summed E-state index contributed by atoms with van der Waals surface area (Å²) in [6, 6.07) is 8.21. The molecule has 0 bridgehead atoms. The molecule has 7 heteroatoms. The van der Waals surface area contributed by atoms with Crippen LogP contribution in [0, 0.1) is 0 Å². The SMILES string of the molecule is COc1ccc(CSC2CCn3c2cnc3CN(C)C(=O)CCl)cc1. The first kappa shape index (κ1) is 18.1. The first-order valence-electron chi connectivity index (χ1n) is 8.21. The van der Waals surface area contributed by atoms with Crippen LogP contribution in [0.5, 0.6) is 5.75 Å². The molecule has 0 fully saturated rings. The minimum absolute atomic E-state index is 0.00437. The van der Waals surface area contributed by atoms with E-state index >= 15 is 0 Å². The molecule has 0 spiro atoms. The third kappa shape index (κ3) is 4.12. The Balaban J connectivity index is 1.61. The molecule has 1 aromatic carbocycles. The average molecular weight is 380 g/mol. The first-order chi connectivity index (χ1) is 12.1. The zero-order chi connectivity index (χ0) is 17.8. The van der Waals surface area contributed by atoms with Gasteiger partial charge in [0, 0.05) is 30.8 Å². The standard InChI is InChI=1S/C18H22ClN3O2S/c1-21(18(23)9-19)11-17-20-10-15-16(7-8-22(15)17)25-12-13-3-5-14(24-2)6-4-13/h3-6,10,16H,7-9,11-12H2,1-2H3. The minimum atomic E-state index is -0.0811. The van der Waals surface area contributed by atoms with E-state index in [2.05, 4.69) is 21.7 Å². The van der Waals surface area contributed by atoms with Crippen LogP contribution in [0.15, 0.2) is 30.5 Å². The van der Waals surface area contributed by atoms with E-state index in [9.17, 15) is 4.79 Å². The van der Waals surface area contributed by atoms with Crippen LogP contribution in [-0.4, -0.2) is 40.4 Å². The van der Waals surface area contributed by atoms with E-state index in [0.717, 1.165) is 30.3 Å². The number of alkyl halides is 1. The van der Waals surface area contributed by atoms with Gasteiger partial charge in [-0.1, -0.05) is 12.1 Å². The van der Waals surface area contributed by atoms with Crippen molar-refractivity contribution in [3.63, 3.8) is 0 Å². The van der Waals surface area contributed by atoms with Gasteiger partial charge in [-0.15, -0.1) is 23.4 Å². The summed E-state index contributed by atoms with van der Waals surface area (Å²) in [5.41, 5.74) is 2.54. The number of halogens is 1. The molecule has 0 N–H and O–H groups in total. The van der Waals surface area contributed by atoms with Crippen molar-refractivity contribution in [2.45, 2.75) is 30.5 Å². The summed E-state index contributed by atoms with van der Waals surface area (Å²) in [4.78, 5) is 17.8. The third-order valence-electron chi connectivity index (χ3n) is 4.44. The monoisotopic (exact) mass is 379 g/mol. The first-order valence-corrected chi connectivity index (χ1v) is 9.79. The maximum Gasteiger partial charge on any atom is 0.237 e. The van der Waals surface area contributed by atoms with Crippen molar-refractivity contribution in [3.8, 4) is 5.75 Å². The Morgan fingerprint density at radius 1 is 1.44 bits per heavy atom. The number of imidazole rings is 1. The van der Waals surface area contributed by atoms with Crippen molar-refractivity contribution in [2.24, 2.45) is 0 Å². The summed E-state index contributed by atoms with van der Waals surface area (Å²) in [5.74, 6) is 2.70. The Labute approximate surface area is 157 Å². The number of carbonyl (C=O) groups excluding carboxylic acids is 1. The van der Waals surface area contributed by atoms with E-state index in [0.29, 0.717) is 11.8 Å². The Hall–Kier alpha value is -1.66. The lowest BCUT2D eigenvalue weighted by Gasteiger charge is -2.15. The molecule has 3 rings (SSSR count). The summed E-state index contributed by atoms with van der Waals surface area (Å²) in [5, 5.41) is 0.442. The van der Waals surface area contributed by atoms with Gasteiger partial charge in [0.15, 0.2) is 0 Å². The highest BCUT2D eigenvalue weighted by Gasteiger charge is 2.26. The predicted molar refractivity (Wildman–Crippen MR) is 101 cm³/mol. The fourth-order valence-electron chi connectivity index (χ4n) is 2.95. The second-order valence-corrected chi connectivity index (χ2v) is 7.53. The number of fused-ring (bicyclic) bond motifs is 1. The fraction of sp³-hybridized carbons (Fsp3) is 0.444. The number of aromatic nitrogens is 2. The highest BCUT2D eigenvalue weighted by molar-refractivity contribution is 7.98. The Morgan fingerprint density at radius 2 is 2.20 bits per heavy atom. The number of carbonyl (C=O) groups is 1. The highest BCUT2D eigenvalue weighted by atomic mass is 35.5. The highest BCUT2D eigenvalue weighted by Crippen LogP contribution is 2.40. The second kappa shape index (κ2) is 8.15. The van der Waals surface area contributed by atoms with Crippen molar-refractivity contribution in [3.05, 3.63) is 47.5 Å². The third-order valence-corrected chi connectivity index (χ3v) is 6.05. The lowest BCUT2D eigenvalue weighted by molar-refractivity contribution is -0.127. The molecule has 25 heavy (non-hydrogen) atoms. The van der Waals surface area contributed by atoms with Crippen LogP contribution in [0.2, 0.25) is 0 Å². The smallest absolute Gasteiger partial charge is 0.237 e. The summed E-state index contributed by atoms with van der Waals surface area (Å²) >= 11 is 7.55. The normalized spacial score (nSPS) is 15.9. The quantitative estimate of drug-likeness (QED) is 0.691. The molecule has 0 saturated carbocycles. The summed E-state index contributed by atoms with van der Waals surface area (Å²) in [6.07, 6.45) is 3.05. The van der Waals surface area contributed by atoms with Gasteiger partial charge in [-0.2, -0.15) is 0 Å². The number of hydrogen-bond donors (Lipinski definition) is 0. The number of benzene rings is 1. The number of nitrogens with zero attached hydrogens (tertiary/aromatic N) is 3. The lowest BCUT2D eigenvalue weighted by Crippen LogP contribution is -2.28. The molecule has 1 aromatic heterocycles. The molecular weight excluding hydrogens is 358 g/mol. The summed E-state index contributed by atoms with van der Waals surface area (Å²) < 4.78 is 7.44. The van der Waals surface area contributed by atoms with Crippen molar-refractivity contribution in [1.29, 1.82) is 0 Å². The van der Waals surface area contributed by atoms with Gasteiger partial charge >= 0.3 is 0 Å². The van der Waals surface area contributed by atoms with Crippen LogP contribution in [0.25, 0.3) is 0 Å². The van der Waals surface area contributed by atoms with Crippen LogP contribution in [-0.2, 0) is 23.6 Å². The molecular formula is C18H22ClN3O2S. The number of rotatable bonds is 7. The number of thioether (sulfide) groups is 1. The van der Waals surface area contributed by atoms with Crippen LogP contribution < -0.4 is 4.74 Å². The van der Waals surface area contributed by atoms with Gasteiger partial charge in [0.05, 0.1) is 19.3 Å². The van der Waals surface area contributed by atoms with Crippen LogP contribution in [0.4, 0.5) is 0 Å². The molecule has 1 atom stereocenters. The zero-order valence-electron chi connectivity index (χ0n) is 14.4. The average Bonchev–Trinajstić information content (AvgIpc) is 3.22. The van der Waals surface area contributed by atoms with E-state index in [-0.39, 0.29) is 11.8 Å². The molecule has 1 aliphatic heterocycles. The topological polar surface area (TPSA) is 47.4 Å². The maximum atomic E-state index is 11.7. The number of hydrogen-bond acceptors (Lipinski definition) is 4. The molecule has 0 radical (unpaired) electrons. The molecule has 1 amide bonds. The van der Waals surface area contributed by atoms with Gasteiger partial charge < -0.3 is 14.2 Å². The summed E-state index contributed by atoms with van der Waals surface area (Å²) in [7, 11) is 3.44. The Kier molecular flexibility index (Phi) is 5.91. The van der Waals surface area contributed by atoms with Crippen molar-refractivity contribution in [2.75, 3.05) is 20.0 Å². The number of ether oxygens (including phenoxy) is 1. The predicted octanol–water partition coefficient (Wildman–Crippen LogP) is 3.47. The molecule has 2 aromatic rings. The molecule has 5 nitrogen and oxygen atoms in total. The zero-order valence-corrected chi connectivity index (χ0v) is 16.0. The molecule has 1 unspecified atom stereocenters. The number of amides is 1. The molecule has 134 valence electrons. The van der Waals surface area contributed by atoms with Gasteiger partial charge in [-0.05, 0) is 24.1 Å². The number of methoxy groups -OCH3 is 1. The van der Waals surface area contributed by atoms with Crippen LogP contribution >= 0.6 is 23.4 Å². The van der Waals surface area contributed by atoms with E-state index < -0.39 is 0 Å². The van der Waals surface area contributed by atoms with Crippen LogP contribution in [0.3, 0.4) is 0 Å². The minimum Gasteiger partial charge on any atom is -0.497 e. The summed E-state index contributed by atoms with van der Waals surface area (Å²) in [6.45, 7) is 1.45. The van der Waals surface area contributed by atoms with Gasteiger partial charge in [0.1, 0.15) is 17.5 Å². The second-order valence-electron chi connectivity index (χ2n) is 6.07. The fourth-order valence-corrected chi connectivity index (χ4v) is 4.38. The largest absolute Gasteiger partial charge is 0.497 e. The van der Waals surface area contributed by atoms with Crippen LogP contribution in [0.1, 0.15) is 28.8 Å².